The van der Waals surface area contributed by atoms with Gasteiger partial charge in [0, 0.05) is 11.6 Å². The molecule has 1 aromatic rings. The molecule has 0 aliphatic carbocycles. The highest BCUT2D eigenvalue weighted by molar-refractivity contribution is 6.04. The standard InChI is InChI=1S/C10H7F2NO3.C2H6/c11-6-3-5-8(4-7(6)12)13-9(14)10(5)15-1-2-16-10;1-2/h3-4H,1-2H2,(H,13,14);1-2H3. The van der Waals surface area contributed by atoms with Gasteiger partial charge in [-0.25, -0.2) is 8.78 Å². The van der Waals surface area contributed by atoms with Crippen LogP contribution >= 0.6 is 0 Å². The molecular formula is C12H13F2NO3. The average molecular weight is 257 g/mol. The molecule has 6 heteroatoms. The summed E-state index contributed by atoms with van der Waals surface area (Å²) < 4.78 is 36.5. The minimum absolute atomic E-state index is 0.186. The molecule has 1 spiro atoms. The Morgan fingerprint density at radius 1 is 1.17 bits per heavy atom. The van der Waals surface area contributed by atoms with Gasteiger partial charge in [-0.3, -0.25) is 4.79 Å². The molecule has 1 saturated heterocycles. The van der Waals surface area contributed by atoms with E-state index in [0.717, 1.165) is 12.1 Å². The van der Waals surface area contributed by atoms with Crippen LogP contribution in [0.2, 0.25) is 0 Å². The Bertz CT molecular complexity index is 484. The Kier molecular flexibility index (Phi) is 3.32. The number of carbonyl (C=O) groups is 1. The first-order valence-electron chi connectivity index (χ1n) is 5.72. The third-order valence-corrected chi connectivity index (χ3v) is 2.66. The molecule has 98 valence electrons. The zero-order chi connectivity index (χ0) is 13.3. The average Bonchev–Trinajstić information content (AvgIpc) is 2.94. The molecule has 3 rings (SSSR count). The first kappa shape index (κ1) is 12.9. The van der Waals surface area contributed by atoms with Gasteiger partial charge in [0.05, 0.1) is 18.9 Å². The van der Waals surface area contributed by atoms with E-state index in [1.807, 2.05) is 13.8 Å². The quantitative estimate of drug-likeness (QED) is 0.774. The summed E-state index contributed by atoms with van der Waals surface area (Å²) in [4.78, 5) is 11.7. The topological polar surface area (TPSA) is 47.6 Å². The van der Waals surface area contributed by atoms with Crippen LogP contribution in [0.4, 0.5) is 14.5 Å². The number of halogens is 2. The van der Waals surface area contributed by atoms with E-state index in [1.54, 1.807) is 0 Å². The van der Waals surface area contributed by atoms with E-state index in [0.29, 0.717) is 0 Å². The molecule has 1 N–H and O–H groups in total. The van der Waals surface area contributed by atoms with Gasteiger partial charge in [0.25, 0.3) is 11.7 Å². The van der Waals surface area contributed by atoms with Crippen molar-refractivity contribution in [3.63, 3.8) is 0 Å². The second-order valence-corrected chi connectivity index (χ2v) is 3.58. The van der Waals surface area contributed by atoms with Crippen LogP contribution < -0.4 is 5.32 Å². The Balaban J connectivity index is 0.000000574. The lowest BCUT2D eigenvalue weighted by Crippen LogP contribution is -2.35. The zero-order valence-corrected chi connectivity index (χ0v) is 10.0. The van der Waals surface area contributed by atoms with Gasteiger partial charge in [-0.05, 0) is 6.07 Å². The maximum Gasteiger partial charge on any atom is 0.289 e. The van der Waals surface area contributed by atoms with Crippen LogP contribution in [-0.4, -0.2) is 19.1 Å². The van der Waals surface area contributed by atoms with E-state index >= 15 is 0 Å². The van der Waals surface area contributed by atoms with Gasteiger partial charge in [0.2, 0.25) is 0 Å². The first-order chi connectivity index (χ1) is 8.63. The summed E-state index contributed by atoms with van der Waals surface area (Å²) in [5.74, 6) is -4.20. The van der Waals surface area contributed by atoms with Crippen molar-refractivity contribution in [2.75, 3.05) is 18.5 Å². The molecule has 2 aliphatic heterocycles. The lowest BCUT2D eigenvalue weighted by Gasteiger charge is -2.18. The summed E-state index contributed by atoms with van der Waals surface area (Å²) in [6, 6.07) is 1.84. The molecule has 1 fully saturated rings. The van der Waals surface area contributed by atoms with E-state index in [9.17, 15) is 13.6 Å². The lowest BCUT2D eigenvalue weighted by atomic mass is 10.1. The number of ether oxygens (including phenoxy) is 2. The SMILES string of the molecule is CC.O=C1Nc2cc(F)c(F)cc2C12OCCO2. The minimum atomic E-state index is -1.59. The van der Waals surface area contributed by atoms with Crippen LogP contribution in [0, 0.1) is 11.6 Å². The van der Waals surface area contributed by atoms with Crippen molar-refractivity contribution in [3.8, 4) is 0 Å². The van der Waals surface area contributed by atoms with Gasteiger partial charge in [-0.15, -0.1) is 0 Å². The molecule has 0 radical (unpaired) electrons. The number of hydrogen-bond acceptors (Lipinski definition) is 3. The van der Waals surface area contributed by atoms with Crippen molar-refractivity contribution in [1.29, 1.82) is 0 Å². The minimum Gasteiger partial charge on any atom is -0.336 e. The predicted molar refractivity (Wildman–Crippen MR) is 59.9 cm³/mol. The van der Waals surface area contributed by atoms with E-state index in [2.05, 4.69) is 5.32 Å². The Hall–Kier alpha value is -1.53. The van der Waals surface area contributed by atoms with Gasteiger partial charge in [0.1, 0.15) is 0 Å². The second-order valence-electron chi connectivity index (χ2n) is 3.58. The van der Waals surface area contributed by atoms with Gasteiger partial charge in [-0.2, -0.15) is 0 Å². The van der Waals surface area contributed by atoms with E-state index in [4.69, 9.17) is 9.47 Å². The number of amides is 1. The molecule has 0 saturated carbocycles. The molecule has 1 amide bonds. The van der Waals surface area contributed by atoms with Crippen molar-refractivity contribution in [3.05, 3.63) is 29.3 Å². The zero-order valence-electron chi connectivity index (χ0n) is 10.0. The van der Waals surface area contributed by atoms with Crippen LogP contribution in [0.1, 0.15) is 19.4 Å². The highest BCUT2D eigenvalue weighted by Crippen LogP contribution is 2.42. The molecule has 18 heavy (non-hydrogen) atoms. The van der Waals surface area contributed by atoms with Crippen LogP contribution in [0.15, 0.2) is 12.1 Å². The van der Waals surface area contributed by atoms with E-state index in [1.165, 1.54) is 0 Å². The molecule has 0 bridgehead atoms. The van der Waals surface area contributed by atoms with Crippen molar-refractivity contribution in [1.82, 2.24) is 0 Å². The fraction of sp³-hybridized carbons (Fsp3) is 0.417. The van der Waals surface area contributed by atoms with Crippen molar-refractivity contribution < 1.29 is 23.0 Å². The lowest BCUT2D eigenvalue weighted by molar-refractivity contribution is -0.178. The molecular weight excluding hydrogens is 244 g/mol. The molecule has 2 aliphatic rings. The number of nitrogens with one attached hydrogen (secondary N) is 1. The van der Waals surface area contributed by atoms with Crippen molar-refractivity contribution in [2.24, 2.45) is 0 Å². The smallest absolute Gasteiger partial charge is 0.289 e. The Labute approximate surface area is 103 Å². The highest BCUT2D eigenvalue weighted by Gasteiger charge is 2.52. The second kappa shape index (κ2) is 4.62. The Morgan fingerprint density at radius 2 is 1.72 bits per heavy atom. The summed E-state index contributed by atoms with van der Waals surface area (Å²) in [5, 5.41) is 2.40. The monoisotopic (exact) mass is 257 g/mol. The molecule has 0 unspecified atom stereocenters. The maximum absolute atomic E-state index is 13.1. The molecule has 1 aromatic carbocycles. The number of benzene rings is 1. The summed E-state index contributed by atoms with van der Waals surface area (Å²) in [5.41, 5.74) is 0.375. The fourth-order valence-electron chi connectivity index (χ4n) is 1.95. The maximum atomic E-state index is 13.1. The number of anilines is 1. The highest BCUT2D eigenvalue weighted by atomic mass is 19.2. The number of carbonyl (C=O) groups excluding carboxylic acids is 1. The van der Waals surface area contributed by atoms with Gasteiger partial charge in [0.15, 0.2) is 11.6 Å². The number of fused-ring (bicyclic) bond motifs is 2. The third-order valence-electron chi connectivity index (χ3n) is 2.66. The number of hydrogen-bond donors (Lipinski definition) is 1. The molecule has 0 atom stereocenters. The fourth-order valence-corrected chi connectivity index (χ4v) is 1.95. The predicted octanol–water partition coefficient (Wildman–Crippen LogP) is 2.14. The van der Waals surface area contributed by atoms with Crippen LogP contribution in [0.25, 0.3) is 0 Å². The molecule has 2 heterocycles. The van der Waals surface area contributed by atoms with Gasteiger partial charge >= 0.3 is 0 Å². The summed E-state index contributed by atoms with van der Waals surface area (Å²) in [6.07, 6.45) is 0. The molecule has 0 aromatic heterocycles. The van der Waals surface area contributed by atoms with Gasteiger partial charge in [-0.1, -0.05) is 13.8 Å². The summed E-state index contributed by atoms with van der Waals surface area (Å²) in [7, 11) is 0. The van der Waals surface area contributed by atoms with Crippen LogP contribution in [0.3, 0.4) is 0 Å². The summed E-state index contributed by atoms with van der Waals surface area (Å²) >= 11 is 0. The van der Waals surface area contributed by atoms with Crippen LogP contribution in [-0.2, 0) is 20.1 Å². The third kappa shape index (κ3) is 1.69. The van der Waals surface area contributed by atoms with Gasteiger partial charge < -0.3 is 14.8 Å². The van der Waals surface area contributed by atoms with E-state index < -0.39 is 23.3 Å². The van der Waals surface area contributed by atoms with Crippen molar-refractivity contribution in [2.45, 2.75) is 19.6 Å². The molecule has 4 nitrogen and oxygen atoms in total. The van der Waals surface area contributed by atoms with Crippen molar-refractivity contribution >= 4 is 11.6 Å². The first-order valence-corrected chi connectivity index (χ1v) is 5.72. The Morgan fingerprint density at radius 3 is 2.33 bits per heavy atom. The normalized spacial score (nSPS) is 19.2. The van der Waals surface area contributed by atoms with Crippen LogP contribution in [0.5, 0.6) is 0 Å². The summed E-state index contributed by atoms with van der Waals surface area (Å²) in [6.45, 7) is 4.48. The largest absolute Gasteiger partial charge is 0.336 e. The van der Waals surface area contributed by atoms with E-state index in [-0.39, 0.29) is 24.5 Å². The number of rotatable bonds is 0.